The molecule has 1 aliphatic heterocycles. The minimum Gasteiger partial charge on any atom is -0.489 e. The molecule has 1 aromatic heterocycles. The number of hydrogen-bond donors (Lipinski definition) is 0. The van der Waals surface area contributed by atoms with Gasteiger partial charge in [-0.1, -0.05) is 54.6 Å². The van der Waals surface area contributed by atoms with Gasteiger partial charge < -0.3 is 9.30 Å². The summed E-state index contributed by atoms with van der Waals surface area (Å²) in [5.74, 6) is -0.107. The predicted octanol–water partition coefficient (Wildman–Crippen LogP) is 5.30. The number of thioether (sulfide) groups is 1. The largest absolute Gasteiger partial charge is 0.489 e. The molecule has 0 fully saturated rings. The lowest BCUT2D eigenvalue weighted by Crippen LogP contribution is -2.29. The maximum Gasteiger partial charge on any atom is 0.261 e. The number of imide groups is 1. The summed E-state index contributed by atoms with van der Waals surface area (Å²) in [7, 11) is 0. The SMILES string of the molecule is CSc1ccccc1Cn1c(C)cc(OCc2ccccc2CN2C(=O)c3ccccc3C2=O)cc1=O. The van der Waals surface area contributed by atoms with Gasteiger partial charge in [0.25, 0.3) is 17.4 Å². The number of benzene rings is 3. The fraction of sp³-hybridized carbons (Fsp3) is 0.167. The molecule has 2 heterocycles. The molecule has 0 saturated heterocycles. The van der Waals surface area contributed by atoms with E-state index < -0.39 is 0 Å². The number of fused-ring (bicyclic) bond motifs is 1. The van der Waals surface area contributed by atoms with Gasteiger partial charge in [0.15, 0.2) is 0 Å². The summed E-state index contributed by atoms with van der Waals surface area (Å²) in [5.41, 5.74) is 4.28. The Morgan fingerprint density at radius 3 is 1.97 bits per heavy atom. The van der Waals surface area contributed by atoms with Gasteiger partial charge in [-0.15, -0.1) is 11.8 Å². The van der Waals surface area contributed by atoms with E-state index in [2.05, 4.69) is 6.07 Å². The number of carbonyl (C=O) groups is 2. The van der Waals surface area contributed by atoms with Crippen molar-refractivity contribution in [2.75, 3.05) is 6.26 Å². The number of hydrogen-bond acceptors (Lipinski definition) is 5. The number of aryl methyl sites for hydroxylation is 1. The molecule has 2 amide bonds. The number of aromatic nitrogens is 1. The van der Waals surface area contributed by atoms with Gasteiger partial charge in [0, 0.05) is 16.7 Å². The Balaban J connectivity index is 1.32. The van der Waals surface area contributed by atoms with Crippen LogP contribution in [0.15, 0.2) is 94.6 Å². The molecular weight excluding hydrogens is 484 g/mol. The van der Waals surface area contributed by atoms with Gasteiger partial charge in [-0.05, 0) is 54.1 Å². The Hall–Kier alpha value is -4.10. The average Bonchev–Trinajstić information content (AvgIpc) is 3.15. The first-order valence-electron chi connectivity index (χ1n) is 11.9. The first kappa shape index (κ1) is 24.6. The molecule has 0 atom stereocenters. The molecule has 0 radical (unpaired) electrons. The molecule has 0 unspecified atom stereocenters. The standard InChI is InChI=1S/C30H26N2O4S/c1-20-15-24(16-28(33)31(20)18-22-10-5-8-14-27(22)37-2)36-19-23-11-4-3-9-21(23)17-32-29(34)25-12-6-7-13-26(25)30(32)35/h3-16H,17-19H2,1-2H3. The third-order valence-corrected chi connectivity index (χ3v) is 7.39. The molecule has 0 bridgehead atoms. The van der Waals surface area contributed by atoms with Crippen molar-refractivity contribution in [1.82, 2.24) is 9.47 Å². The Labute approximate surface area is 219 Å². The van der Waals surface area contributed by atoms with Gasteiger partial charge >= 0.3 is 0 Å². The zero-order chi connectivity index (χ0) is 25.9. The summed E-state index contributed by atoms with van der Waals surface area (Å²) in [6.07, 6.45) is 2.03. The van der Waals surface area contributed by atoms with Crippen LogP contribution in [0.25, 0.3) is 0 Å². The first-order chi connectivity index (χ1) is 18.0. The van der Waals surface area contributed by atoms with Crippen molar-refractivity contribution in [3.63, 3.8) is 0 Å². The van der Waals surface area contributed by atoms with Crippen molar-refractivity contribution in [1.29, 1.82) is 0 Å². The summed E-state index contributed by atoms with van der Waals surface area (Å²) in [4.78, 5) is 41.0. The summed E-state index contributed by atoms with van der Waals surface area (Å²) in [6, 6.07) is 25.8. The maximum atomic E-state index is 12.9. The lowest BCUT2D eigenvalue weighted by atomic mass is 10.1. The second kappa shape index (κ2) is 10.5. The molecule has 0 aliphatic carbocycles. The highest BCUT2D eigenvalue weighted by Crippen LogP contribution is 2.26. The molecule has 4 aromatic rings. The van der Waals surface area contributed by atoms with Crippen LogP contribution in [0.2, 0.25) is 0 Å². The van der Waals surface area contributed by atoms with Crippen LogP contribution < -0.4 is 10.3 Å². The zero-order valence-corrected chi connectivity index (χ0v) is 21.5. The van der Waals surface area contributed by atoms with Gasteiger partial charge in [-0.25, -0.2) is 0 Å². The second-order valence-electron chi connectivity index (χ2n) is 8.87. The highest BCUT2D eigenvalue weighted by Gasteiger charge is 2.35. The van der Waals surface area contributed by atoms with E-state index in [9.17, 15) is 14.4 Å². The lowest BCUT2D eigenvalue weighted by molar-refractivity contribution is 0.0641. The van der Waals surface area contributed by atoms with Gasteiger partial charge in [-0.3, -0.25) is 19.3 Å². The second-order valence-corrected chi connectivity index (χ2v) is 9.72. The Kier molecular flexibility index (Phi) is 6.97. The third-order valence-electron chi connectivity index (χ3n) is 6.55. The highest BCUT2D eigenvalue weighted by atomic mass is 32.2. The third kappa shape index (κ3) is 4.95. The van der Waals surface area contributed by atoms with Crippen LogP contribution in [-0.4, -0.2) is 27.5 Å². The molecule has 3 aromatic carbocycles. The zero-order valence-electron chi connectivity index (χ0n) is 20.6. The maximum absolute atomic E-state index is 12.9. The molecule has 37 heavy (non-hydrogen) atoms. The molecule has 6 nitrogen and oxygen atoms in total. The molecular formula is C30H26N2O4S. The molecule has 0 spiro atoms. The first-order valence-corrected chi connectivity index (χ1v) is 13.2. The molecule has 1 aliphatic rings. The van der Waals surface area contributed by atoms with Crippen LogP contribution in [0.3, 0.4) is 0 Å². The fourth-order valence-corrected chi connectivity index (χ4v) is 5.16. The van der Waals surface area contributed by atoms with Crippen LogP contribution in [0.4, 0.5) is 0 Å². The van der Waals surface area contributed by atoms with E-state index in [1.165, 1.54) is 11.0 Å². The number of ether oxygens (including phenoxy) is 1. The monoisotopic (exact) mass is 510 g/mol. The van der Waals surface area contributed by atoms with Crippen LogP contribution in [0, 0.1) is 6.92 Å². The van der Waals surface area contributed by atoms with E-state index in [-0.39, 0.29) is 30.5 Å². The van der Waals surface area contributed by atoms with E-state index in [0.29, 0.717) is 23.4 Å². The summed E-state index contributed by atoms with van der Waals surface area (Å²) in [6.45, 7) is 2.75. The normalized spacial score (nSPS) is 12.6. The van der Waals surface area contributed by atoms with E-state index in [0.717, 1.165) is 27.3 Å². The van der Waals surface area contributed by atoms with Crippen molar-refractivity contribution in [2.45, 2.75) is 31.5 Å². The lowest BCUT2D eigenvalue weighted by Gasteiger charge is -2.18. The minimum absolute atomic E-state index is 0.134. The van der Waals surface area contributed by atoms with Gasteiger partial charge in [-0.2, -0.15) is 0 Å². The Morgan fingerprint density at radius 2 is 1.32 bits per heavy atom. The van der Waals surface area contributed by atoms with Gasteiger partial charge in [0.05, 0.1) is 24.2 Å². The molecule has 5 rings (SSSR count). The van der Waals surface area contributed by atoms with Crippen LogP contribution in [0.5, 0.6) is 5.75 Å². The summed E-state index contributed by atoms with van der Waals surface area (Å²) < 4.78 is 7.75. The number of amides is 2. The number of nitrogens with zero attached hydrogens (tertiary/aromatic N) is 2. The van der Waals surface area contributed by atoms with Gasteiger partial charge in [0.1, 0.15) is 12.4 Å². The predicted molar refractivity (Wildman–Crippen MR) is 144 cm³/mol. The highest BCUT2D eigenvalue weighted by molar-refractivity contribution is 7.98. The summed E-state index contributed by atoms with van der Waals surface area (Å²) in [5, 5.41) is 0. The molecule has 7 heteroatoms. The van der Waals surface area contributed by atoms with E-state index in [4.69, 9.17) is 4.74 Å². The van der Waals surface area contributed by atoms with E-state index >= 15 is 0 Å². The number of rotatable bonds is 8. The van der Waals surface area contributed by atoms with Crippen LogP contribution in [0.1, 0.15) is 43.1 Å². The Morgan fingerprint density at radius 1 is 0.730 bits per heavy atom. The topological polar surface area (TPSA) is 68.6 Å². The summed E-state index contributed by atoms with van der Waals surface area (Å²) >= 11 is 1.66. The van der Waals surface area contributed by atoms with Crippen molar-refractivity contribution in [2.24, 2.45) is 0 Å². The minimum atomic E-state index is -0.293. The van der Waals surface area contributed by atoms with Crippen LogP contribution >= 0.6 is 11.8 Å². The molecule has 0 N–H and O–H groups in total. The van der Waals surface area contributed by atoms with E-state index in [1.54, 1.807) is 40.6 Å². The average molecular weight is 511 g/mol. The number of carbonyl (C=O) groups excluding carboxylic acids is 2. The van der Waals surface area contributed by atoms with Crippen molar-refractivity contribution in [3.8, 4) is 5.75 Å². The molecule has 0 saturated carbocycles. The fourth-order valence-electron chi connectivity index (χ4n) is 4.56. The van der Waals surface area contributed by atoms with Gasteiger partial charge in [0.2, 0.25) is 0 Å². The Bertz CT molecular complexity index is 1520. The van der Waals surface area contributed by atoms with Crippen LogP contribution in [-0.2, 0) is 19.7 Å². The smallest absolute Gasteiger partial charge is 0.261 e. The van der Waals surface area contributed by atoms with Crippen molar-refractivity contribution >= 4 is 23.6 Å². The number of pyridine rings is 1. The van der Waals surface area contributed by atoms with Crippen molar-refractivity contribution < 1.29 is 14.3 Å². The van der Waals surface area contributed by atoms with Crippen molar-refractivity contribution in [3.05, 3.63) is 129 Å². The van der Waals surface area contributed by atoms with E-state index in [1.807, 2.05) is 61.7 Å². The quantitative estimate of drug-likeness (QED) is 0.238. The molecule has 186 valence electrons.